The van der Waals surface area contributed by atoms with E-state index < -0.39 is 32.6 Å². The fraction of sp³-hybridized carbons (Fsp3) is 0.611. The standard InChI is InChI=1S/C18H28N2O4S/c1-16(2)12-18(15(21)24-5,13-17(3,4)19-16)20-25(22,23)11-14-9-7-6-8-10-14/h6-10,19-20H,11-13H2,1-5H3. The fourth-order valence-electron chi connectivity index (χ4n) is 4.16. The van der Waals surface area contributed by atoms with Gasteiger partial charge in [-0.3, -0.25) is 4.79 Å². The average Bonchev–Trinajstić information content (AvgIpc) is 2.42. The number of esters is 1. The van der Waals surface area contributed by atoms with Crippen molar-refractivity contribution in [3.8, 4) is 0 Å². The Labute approximate surface area is 150 Å². The minimum absolute atomic E-state index is 0.180. The third kappa shape index (κ3) is 5.03. The summed E-state index contributed by atoms with van der Waals surface area (Å²) in [5, 5.41) is 3.46. The second-order valence-electron chi connectivity index (χ2n) is 8.17. The molecule has 140 valence electrons. The Kier molecular flexibility index (Phi) is 5.33. The molecule has 0 saturated carbocycles. The van der Waals surface area contributed by atoms with Gasteiger partial charge in [0.1, 0.15) is 5.54 Å². The Morgan fingerprint density at radius 3 is 2.12 bits per heavy atom. The zero-order valence-corrected chi connectivity index (χ0v) is 16.4. The van der Waals surface area contributed by atoms with Crippen LogP contribution >= 0.6 is 0 Å². The molecule has 0 bridgehead atoms. The molecule has 1 aromatic carbocycles. The largest absolute Gasteiger partial charge is 0.468 e. The summed E-state index contributed by atoms with van der Waals surface area (Å²) in [6.07, 6.45) is 0.619. The lowest BCUT2D eigenvalue weighted by atomic mass is 9.71. The summed E-state index contributed by atoms with van der Waals surface area (Å²) in [6.45, 7) is 7.82. The first kappa shape index (κ1) is 19.9. The molecule has 1 heterocycles. The fourth-order valence-corrected chi connectivity index (χ4v) is 5.68. The predicted molar refractivity (Wildman–Crippen MR) is 97.5 cm³/mol. The van der Waals surface area contributed by atoms with Crippen molar-refractivity contribution < 1.29 is 17.9 Å². The number of benzene rings is 1. The number of methoxy groups -OCH3 is 1. The molecule has 1 saturated heterocycles. The highest BCUT2D eigenvalue weighted by molar-refractivity contribution is 7.88. The Hall–Kier alpha value is -1.44. The molecule has 1 fully saturated rings. The van der Waals surface area contributed by atoms with Crippen molar-refractivity contribution in [2.75, 3.05) is 7.11 Å². The summed E-state index contributed by atoms with van der Waals surface area (Å²) in [6, 6.07) is 8.91. The summed E-state index contributed by atoms with van der Waals surface area (Å²) >= 11 is 0. The van der Waals surface area contributed by atoms with Crippen molar-refractivity contribution in [2.45, 2.75) is 62.9 Å². The number of carbonyl (C=O) groups excluding carboxylic acids is 1. The van der Waals surface area contributed by atoms with Crippen molar-refractivity contribution in [1.29, 1.82) is 0 Å². The molecule has 2 rings (SSSR count). The average molecular weight is 368 g/mol. The smallest absolute Gasteiger partial charge is 0.327 e. The van der Waals surface area contributed by atoms with Crippen LogP contribution in [0.3, 0.4) is 0 Å². The molecule has 1 aliphatic rings. The van der Waals surface area contributed by atoms with Crippen LogP contribution < -0.4 is 10.0 Å². The van der Waals surface area contributed by atoms with Crippen molar-refractivity contribution in [3.05, 3.63) is 35.9 Å². The number of rotatable bonds is 5. The van der Waals surface area contributed by atoms with E-state index in [0.717, 1.165) is 0 Å². The number of carbonyl (C=O) groups is 1. The van der Waals surface area contributed by atoms with Gasteiger partial charge < -0.3 is 10.1 Å². The van der Waals surface area contributed by atoms with Crippen LogP contribution in [0.1, 0.15) is 46.1 Å². The predicted octanol–water partition coefficient (Wildman–Crippen LogP) is 1.96. The normalized spacial score (nSPS) is 21.5. The molecular weight excluding hydrogens is 340 g/mol. The SMILES string of the molecule is COC(=O)C1(NS(=O)(=O)Cc2ccccc2)CC(C)(C)NC(C)(C)C1. The van der Waals surface area contributed by atoms with Gasteiger partial charge in [0.05, 0.1) is 12.9 Å². The first-order chi connectivity index (χ1) is 11.4. The van der Waals surface area contributed by atoms with Crippen LogP contribution in [0.5, 0.6) is 0 Å². The number of piperidine rings is 1. The van der Waals surface area contributed by atoms with Crippen LogP contribution in [0.4, 0.5) is 0 Å². The van der Waals surface area contributed by atoms with Gasteiger partial charge >= 0.3 is 5.97 Å². The third-order valence-electron chi connectivity index (χ3n) is 4.29. The molecule has 1 aliphatic heterocycles. The molecule has 1 aromatic rings. The molecule has 0 radical (unpaired) electrons. The van der Waals surface area contributed by atoms with Crippen LogP contribution in [0, 0.1) is 0 Å². The number of hydrogen-bond acceptors (Lipinski definition) is 5. The molecule has 7 heteroatoms. The van der Waals surface area contributed by atoms with E-state index >= 15 is 0 Å². The maximum atomic E-state index is 12.8. The molecule has 0 spiro atoms. The van der Waals surface area contributed by atoms with Gasteiger partial charge in [0.25, 0.3) is 0 Å². The van der Waals surface area contributed by atoms with E-state index in [1.807, 2.05) is 33.8 Å². The van der Waals surface area contributed by atoms with Crippen molar-refractivity contribution in [1.82, 2.24) is 10.0 Å². The molecule has 0 aliphatic carbocycles. The van der Waals surface area contributed by atoms with E-state index in [4.69, 9.17) is 4.74 Å². The van der Waals surface area contributed by atoms with Crippen LogP contribution in [0.25, 0.3) is 0 Å². The molecule has 6 nitrogen and oxygen atoms in total. The lowest BCUT2D eigenvalue weighted by molar-refractivity contribution is -0.151. The zero-order valence-electron chi connectivity index (χ0n) is 15.5. The van der Waals surface area contributed by atoms with Crippen molar-refractivity contribution in [3.63, 3.8) is 0 Å². The van der Waals surface area contributed by atoms with Gasteiger partial charge in [-0.15, -0.1) is 0 Å². The minimum Gasteiger partial charge on any atom is -0.468 e. The van der Waals surface area contributed by atoms with E-state index in [2.05, 4.69) is 10.0 Å². The molecule has 25 heavy (non-hydrogen) atoms. The lowest BCUT2D eigenvalue weighted by Gasteiger charge is -2.51. The highest BCUT2D eigenvalue weighted by Gasteiger charge is 2.54. The monoisotopic (exact) mass is 368 g/mol. The van der Waals surface area contributed by atoms with Crippen LogP contribution in [-0.2, 0) is 25.3 Å². The summed E-state index contributed by atoms with van der Waals surface area (Å²) in [7, 11) is -2.44. The van der Waals surface area contributed by atoms with Crippen molar-refractivity contribution in [2.24, 2.45) is 0 Å². The molecule has 0 amide bonds. The maximum Gasteiger partial charge on any atom is 0.327 e. The van der Waals surface area contributed by atoms with E-state index in [1.54, 1.807) is 24.3 Å². The van der Waals surface area contributed by atoms with Crippen molar-refractivity contribution >= 4 is 16.0 Å². The number of nitrogens with one attached hydrogen (secondary N) is 2. The highest BCUT2D eigenvalue weighted by atomic mass is 32.2. The van der Waals surface area contributed by atoms with E-state index in [0.29, 0.717) is 18.4 Å². The number of sulfonamides is 1. The van der Waals surface area contributed by atoms with Gasteiger partial charge in [-0.25, -0.2) is 8.42 Å². The highest BCUT2D eigenvalue weighted by Crippen LogP contribution is 2.37. The topological polar surface area (TPSA) is 84.5 Å². The Bertz CT molecular complexity index is 711. The molecule has 0 atom stereocenters. The van der Waals surface area contributed by atoms with Gasteiger partial charge in [0.2, 0.25) is 10.0 Å². The third-order valence-corrected chi connectivity index (χ3v) is 5.71. The first-order valence-corrected chi connectivity index (χ1v) is 9.97. The van der Waals surface area contributed by atoms with E-state index in [9.17, 15) is 13.2 Å². The Morgan fingerprint density at radius 2 is 1.64 bits per heavy atom. The molecular formula is C18H28N2O4S. The van der Waals surface area contributed by atoms with Gasteiger partial charge in [-0.2, -0.15) is 4.72 Å². The summed E-state index contributed by atoms with van der Waals surface area (Å²) < 4.78 is 33.2. The second kappa shape index (κ2) is 6.70. The lowest BCUT2D eigenvalue weighted by Crippen LogP contribution is -2.70. The van der Waals surface area contributed by atoms with Gasteiger partial charge in [-0.05, 0) is 46.1 Å². The quantitative estimate of drug-likeness (QED) is 0.776. The van der Waals surface area contributed by atoms with Gasteiger partial charge in [0, 0.05) is 11.1 Å². The number of hydrogen-bond donors (Lipinski definition) is 2. The van der Waals surface area contributed by atoms with E-state index in [1.165, 1.54) is 7.11 Å². The molecule has 0 aromatic heterocycles. The van der Waals surface area contributed by atoms with Gasteiger partial charge in [-0.1, -0.05) is 30.3 Å². The Morgan fingerprint density at radius 1 is 1.12 bits per heavy atom. The molecule has 0 unspecified atom stereocenters. The van der Waals surface area contributed by atoms with Crippen LogP contribution in [0.2, 0.25) is 0 Å². The second-order valence-corrected chi connectivity index (χ2v) is 9.89. The van der Waals surface area contributed by atoms with Crippen LogP contribution in [-0.4, -0.2) is 38.1 Å². The summed E-state index contributed by atoms with van der Waals surface area (Å²) in [5.74, 6) is -0.729. The summed E-state index contributed by atoms with van der Waals surface area (Å²) in [4.78, 5) is 12.6. The maximum absolute atomic E-state index is 12.8. The van der Waals surface area contributed by atoms with Gasteiger partial charge in [0.15, 0.2) is 0 Å². The zero-order chi connectivity index (χ0) is 18.9. The summed E-state index contributed by atoms with van der Waals surface area (Å²) in [5.41, 5.74) is -1.47. The first-order valence-electron chi connectivity index (χ1n) is 8.32. The van der Waals surface area contributed by atoms with Crippen LogP contribution in [0.15, 0.2) is 30.3 Å². The number of ether oxygens (including phenoxy) is 1. The molecule has 2 N–H and O–H groups in total. The minimum atomic E-state index is -3.73. The Balaban J connectivity index is 2.36. The van der Waals surface area contributed by atoms with E-state index in [-0.39, 0.29) is 5.75 Å².